The van der Waals surface area contributed by atoms with Crippen molar-refractivity contribution in [2.75, 3.05) is 19.7 Å². The average Bonchev–Trinajstić information content (AvgIpc) is 2.62. The number of benzene rings is 2. The van der Waals surface area contributed by atoms with E-state index in [-0.39, 0.29) is 16.6 Å². The monoisotopic (exact) mass is 367 g/mol. The lowest BCUT2D eigenvalue weighted by atomic mass is 10.0. The fourth-order valence-electron chi connectivity index (χ4n) is 2.88. The third-order valence-electron chi connectivity index (χ3n) is 4.23. The van der Waals surface area contributed by atoms with Crippen LogP contribution in [0.15, 0.2) is 53.4 Å². The number of sulfonamides is 1. The van der Waals surface area contributed by atoms with Crippen molar-refractivity contribution in [2.45, 2.75) is 17.7 Å². The molecule has 7 heteroatoms. The van der Waals surface area contributed by atoms with Crippen LogP contribution in [0.4, 0.5) is 8.78 Å². The molecule has 0 saturated carbocycles. The summed E-state index contributed by atoms with van der Waals surface area (Å²) in [6.07, 6.45) is 1.59. The molecular formula is C18H19F2NO3S. The van der Waals surface area contributed by atoms with Gasteiger partial charge in [0.2, 0.25) is 10.0 Å². The van der Waals surface area contributed by atoms with Gasteiger partial charge in [-0.25, -0.2) is 17.2 Å². The van der Waals surface area contributed by atoms with Crippen LogP contribution in [0.2, 0.25) is 0 Å². The van der Waals surface area contributed by atoms with Gasteiger partial charge in [0.15, 0.2) is 0 Å². The van der Waals surface area contributed by atoms with Crippen molar-refractivity contribution in [3.05, 3.63) is 60.2 Å². The van der Waals surface area contributed by atoms with Gasteiger partial charge in [-0.2, -0.15) is 4.31 Å². The molecule has 134 valence electrons. The van der Waals surface area contributed by atoms with Crippen molar-refractivity contribution in [3.63, 3.8) is 0 Å². The molecule has 1 saturated heterocycles. The number of hydrogen-bond acceptors (Lipinski definition) is 3. The van der Waals surface area contributed by atoms with E-state index in [2.05, 4.69) is 0 Å². The Morgan fingerprint density at radius 3 is 2.24 bits per heavy atom. The van der Waals surface area contributed by atoms with Gasteiger partial charge in [-0.15, -0.1) is 0 Å². The first-order chi connectivity index (χ1) is 11.9. The molecule has 0 aliphatic carbocycles. The van der Waals surface area contributed by atoms with Crippen LogP contribution in [-0.4, -0.2) is 32.4 Å². The molecule has 0 aromatic heterocycles. The van der Waals surface area contributed by atoms with Crippen LogP contribution in [0.1, 0.15) is 12.8 Å². The normalized spacial score (nSPS) is 18.9. The Balaban J connectivity index is 1.64. The van der Waals surface area contributed by atoms with Gasteiger partial charge in [0, 0.05) is 19.0 Å². The molecule has 1 aliphatic rings. The number of nitrogens with zero attached hydrogens (tertiary/aromatic N) is 1. The van der Waals surface area contributed by atoms with Crippen LogP contribution in [0.3, 0.4) is 0 Å². The number of halogens is 2. The first-order valence-electron chi connectivity index (χ1n) is 8.09. The third-order valence-corrected chi connectivity index (χ3v) is 6.11. The van der Waals surface area contributed by atoms with E-state index in [4.69, 9.17) is 4.74 Å². The molecule has 2 aromatic rings. The van der Waals surface area contributed by atoms with Crippen molar-refractivity contribution < 1.29 is 21.9 Å². The average molecular weight is 367 g/mol. The Hall–Kier alpha value is -1.99. The van der Waals surface area contributed by atoms with Gasteiger partial charge in [0.1, 0.15) is 17.4 Å². The van der Waals surface area contributed by atoms with E-state index in [0.717, 1.165) is 25.0 Å². The van der Waals surface area contributed by atoms with E-state index in [1.54, 1.807) is 12.1 Å². The number of rotatable bonds is 5. The summed E-state index contributed by atoms with van der Waals surface area (Å²) in [7, 11) is -3.64. The van der Waals surface area contributed by atoms with Gasteiger partial charge < -0.3 is 4.74 Å². The zero-order chi connectivity index (χ0) is 17.9. The quantitative estimate of drug-likeness (QED) is 0.813. The van der Waals surface area contributed by atoms with Crippen LogP contribution in [0, 0.1) is 17.6 Å². The summed E-state index contributed by atoms with van der Waals surface area (Å²) in [5.41, 5.74) is 0. The molecule has 25 heavy (non-hydrogen) atoms. The molecule has 1 fully saturated rings. The molecule has 1 aliphatic heterocycles. The van der Waals surface area contributed by atoms with Crippen LogP contribution in [0.5, 0.6) is 5.75 Å². The van der Waals surface area contributed by atoms with E-state index in [1.807, 2.05) is 0 Å². The van der Waals surface area contributed by atoms with Crippen molar-refractivity contribution in [2.24, 2.45) is 5.92 Å². The Morgan fingerprint density at radius 1 is 1.00 bits per heavy atom. The largest absolute Gasteiger partial charge is 0.493 e. The Morgan fingerprint density at radius 2 is 1.60 bits per heavy atom. The Labute approximate surface area is 146 Å². The second kappa shape index (κ2) is 7.49. The molecule has 1 atom stereocenters. The van der Waals surface area contributed by atoms with Gasteiger partial charge in [-0.1, -0.05) is 0 Å². The molecule has 2 aromatic carbocycles. The number of ether oxygens (including phenoxy) is 1. The summed E-state index contributed by atoms with van der Waals surface area (Å²) < 4.78 is 58.3. The summed E-state index contributed by atoms with van der Waals surface area (Å²) in [4.78, 5) is 0.0917. The van der Waals surface area contributed by atoms with Crippen molar-refractivity contribution in [3.8, 4) is 5.75 Å². The van der Waals surface area contributed by atoms with E-state index < -0.39 is 15.8 Å². The summed E-state index contributed by atoms with van der Waals surface area (Å²) in [5.74, 6) is -0.196. The highest BCUT2D eigenvalue weighted by atomic mass is 32.2. The van der Waals surface area contributed by atoms with Gasteiger partial charge >= 0.3 is 0 Å². The molecule has 0 bridgehead atoms. The summed E-state index contributed by atoms with van der Waals surface area (Å²) in [6.45, 7) is 1.15. The third kappa shape index (κ3) is 4.35. The van der Waals surface area contributed by atoms with E-state index in [1.165, 1.54) is 28.6 Å². The standard InChI is InChI=1S/C18H19F2NO3S/c19-15-3-7-17(8-4-15)24-13-14-2-1-11-21(12-14)25(22,23)18-9-5-16(20)6-10-18/h3-10,14H,1-2,11-13H2. The highest BCUT2D eigenvalue weighted by Gasteiger charge is 2.30. The predicted molar refractivity (Wildman–Crippen MR) is 89.8 cm³/mol. The highest BCUT2D eigenvalue weighted by Crippen LogP contribution is 2.24. The van der Waals surface area contributed by atoms with Gasteiger partial charge in [0.05, 0.1) is 11.5 Å². The summed E-state index contributed by atoms with van der Waals surface area (Å²) in [6, 6.07) is 10.6. The van der Waals surface area contributed by atoms with Gasteiger partial charge in [-0.3, -0.25) is 0 Å². The predicted octanol–water partition coefficient (Wildman–Crippen LogP) is 3.44. The van der Waals surface area contributed by atoms with Crippen LogP contribution in [0.25, 0.3) is 0 Å². The lowest BCUT2D eigenvalue weighted by Crippen LogP contribution is -2.41. The molecule has 0 N–H and O–H groups in total. The number of piperidine rings is 1. The maximum absolute atomic E-state index is 13.0. The maximum atomic E-state index is 13.0. The molecule has 0 radical (unpaired) electrons. The van der Waals surface area contributed by atoms with Crippen LogP contribution in [-0.2, 0) is 10.0 Å². The molecule has 4 nitrogen and oxygen atoms in total. The first-order valence-corrected chi connectivity index (χ1v) is 9.53. The lowest BCUT2D eigenvalue weighted by molar-refractivity contribution is 0.180. The minimum atomic E-state index is -3.64. The Bertz CT molecular complexity index is 807. The van der Waals surface area contributed by atoms with Gasteiger partial charge in [-0.05, 0) is 61.4 Å². The topological polar surface area (TPSA) is 46.6 Å². The minimum Gasteiger partial charge on any atom is -0.493 e. The van der Waals surface area contributed by atoms with E-state index in [0.29, 0.717) is 25.4 Å². The molecule has 1 unspecified atom stereocenters. The summed E-state index contributed by atoms with van der Waals surface area (Å²) >= 11 is 0. The highest BCUT2D eigenvalue weighted by molar-refractivity contribution is 7.89. The fraction of sp³-hybridized carbons (Fsp3) is 0.333. The van der Waals surface area contributed by atoms with Crippen molar-refractivity contribution >= 4 is 10.0 Å². The van der Waals surface area contributed by atoms with Crippen LogP contribution >= 0.6 is 0 Å². The zero-order valence-electron chi connectivity index (χ0n) is 13.6. The zero-order valence-corrected chi connectivity index (χ0v) is 14.4. The van der Waals surface area contributed by atoms with Crippen molar-refractivity contribution in [1.82, 2.24) is 4.31 Å². The second-order valence-electron chi connectivity index (χ2n) is 6.09. The number of hydrogen-bond donors (Lipinski definition) is 0. The first kappa shape index (κ1) is 17.8. The molecule has 0 spiro atoms. The Kier molecular flexibility index (Phi) is 5.34. The molecule has 1 heterocycles. The fourth-order valence-corrected chi connectivity index (χ4v) is 4.44. The maximum Gasteiger partial charge on any atom is 0.243 e. The SMILES string of the molecule is O=S(=O)(c1ccc(F)cc1)N1CCCC(COc2ccc(F)cc2)C1. The second-order valence-corrected chi connectivity index (χ2v) is 8.03. The van der Waals surface area contributed by atoms with Crippen molar-refractivity contribution in [1.29, 1.82) is 0 Å². The van der Waals surface area contributed by atoms with Crippen LogP contribution < -0.4 is 4.74 Å². The van der Waals surface area contributed by atoms with E-state index in [9.17, 15) is 17.2 Å². The molecular weight excluding hydrogens is 348 g/mol. The molecule has 0 amide bonds. The minimum absolute atomic E-state index is 0.0500. The summed E-state index contributed by atoms with van der Waals surface area (Å²) in [5, 5.41) is 0. The molecule has 3 rings (SSSR count). The van der Waals surface area contributed by atoms with E-state index >= 15 is 0 Å². The van der Waals surface area contributed by atoms with Gasteiger partial charge in [0.25, 0.3) is 0 Å². The smallest absolute Gasteiger partial charge is 0.243 e. The lowest BCUT2D eigenvalue weighted by Gasteiger charge is -2.31.